The largest absolute Gasteiger partial charge is 0.522 e. The molecule has 0 saturated carbocycles. The van der Waals surface area contributed by atoms with Crippen molar-refractivity contribution in [3.8, 4) is 10.9 Å². The third-order valence-electron chi connectivity index (χ3n) is 3.45. The van der Waals surface area contributed by atoms with E-state index in [0.29, 0.717) is 12.3 Å². The zero-order valence-electron chi connectivity index (χ0n) is 14.6. The molecule has 0 bridgehead atoms. The van der Waals surface area contributed by atoms with Crippen LogP contribution in [0, 0.1) is 6.92 Å². The number of aryl methyl sites for hydroxylation is 2. The van der Waals surface area contributed by atoms with Crippen LogP contribution in [0.5, 0.6) is 10.9 Å². The maximum absolute atomic E-state index is 10.6. The molecule has 0 saturated heterocycles. The number of benzene rings is 2. The van der Waals surface area contributed by atoms with Crippen LogP contribution in [0.15, 0.2) is 36.4 Å². The molecule has 0 spiro atoms. The highest BCUT2D eigenvalue weighted by Crippen LogP contribution is 2.35. The van der Waals surface area contributed by atoms with E-state index in [-0.39, 0.29) is 0 Å². The van der Waals surface area contributed by atoms with Gasteiger partial charge in [0.25, 0.3) is 5.19 Å². The van der Waals surface area contributed by atoms with Crippen molar-refractivity contribution in [2.45, 2.75) is 26.6 Å². The zero-order chi connectivity index (χ0) is 19.3. The normalized spacial score (nSPS) is 11.2. The lowest BCUT2D eigenvalue weighted by atomic mass is 10.1. The van der Waals surface area contributed by atoms with Crippen LogP contribution in [0.1, 0.15) is 18.1 Å². The minimum absolute atomic E-state index is 0.583. The Balaban J connectivity index is 0.000000352. The highest BCUT2D eigenvalue weighted by atomic mass is 32.1. The standard InChI is InChI=1S/C16H16N2OS.C2H3F3O/c1-3-11-9-12(17)8-10(2)15(11)19-16-18-13-6-4-5-7-14(13)20-16;1-6-2(3,4)5/h4-9H,3,17H2,1-2H3;1H3. The summed E-state index contributed by atoms with van der Waals surface area (Å²) < 4.78 is 41.8. The Morgan fingerprint density at radius 1 is 1.19 bits per heavy atom. The second-order valence-electron chi connectivity index (χ2n) is 5.38. The second kappa shape index (κ2) is 8.37. The van der Waals surface area contributed by atoms with Crippen LogP contribution >= 0.6 is 11.3 Å². The maximum Gasteiger partial charge on any atom is 0.522 e. The summed E-state index contributed by atoms with van der Waals surface area (Å²) in [7, 11) is 0.583. The molecule has 3 rings (SSSR count). The summed E-state index contributed by atoms with van der Waals surface area (Å²) in [5.41, 5.74) is 9.79. The number of nitrogens with zero attached hydrogens (tertiary/aromatic N) is 1. The van der Waals surface area contributed by atoms with E-state index in [2.05, 4.69) is 22.7 Å². The van der Waals surface area contributed by atoms with Crippen LogP contribution in [0.4, 0.5) is 18.9 Å². The molecule has 0 aliphatic rings. The van der Waals surface area contributed by atoms with Gasteiger partial charge in [-0.25, -0.2) is 4.98 Å². The SMILES string of the molecule is CCc1cc(N)cc(C)c1Oc1nc2ccccc2s1.COC(F)(F)F. The van der Waals surface area contributed by atoms with Crippen molar-refractivity contribution in [3.63, 3.8) is 0 Å². The van der Waals surface area contributed by atoms with E-state index in [1.165, 1.54) is 0 Å². The molecule has 3 aromatic rings. The summed E-state index contributed by atoms with van der Waals surface area (Å²) in [5, 5.41) is 0.675. The van der Waals surface area contributed by atoms with E-state index in [1.54, 1.807) is 11.3 Å². The molecule has 140 valence electrons. The molecule has 0 aliphatic heterocycles. The molecule has 26 heavy (non-hydrogen) atoms. The average molecular weight is 384 g/mol. The number of rotatable bonds is 3. The first-order chi connectivity index (χ1) is 12.2. The van der Waals surface area contributed by atoms with E-state index in [9.17, 15) is 13.2 Å². The van der Waals surface area contributed by atoms with Gasteiger partial charge in [-0.2, -0.15) is 0 Å². The molecule has 2 N–H and O–H groups in total. The molecular weight excluding hydrogens is 365 g/mol. The van der Waals surface area contributed by atoms with Crippen LogP contribution < -0.4 is 10.5 Å². The van der Waals surface area contributed by atoms with Gasteiger partial charge in [0.15, 0.2) is 0 Å². The quantitative estimate of drug-likeness (QED) is 0.589. The summed E-state index contributed by atoms with van der Waals surface area (Å²) in [6.07, 6.45) is -3.58. The molecule has 0 amide bonds. The van der Waals surface area contributed by atoms with Crippen molar-refractivity contribution >= 4 is 27.2 Å². The first-order valence-corrected chi connectivity index (χ1v) is 8.59. The molecule has 1 aromatic heterocycles. The lowest BCUT2D eigenvalue weighted by Crippen LogP contribution is -2.08. The molecule has 4 nitrogen and oxygen atoms in total. The lowest BCUT2D eigenvalue weighted by molar-refractivity contribution is -0.311. The maximum atomic E-state index is 10.6. The van der Waals surface area contributed by atoms with Gasteiger partial charge in [0.2, 0.25) is 0 Å². The fourth-order valence-electron chi connectivity index (χ4n) is 2.27. The monoisotopic (exact) mass is 384 g/mol. The molecule has 0 radical (unpaired) electrons. The smallest absolute Gasteiger partial charge is 0.430 e. The summed E-state index contributed by atoms with van der Waals surface area (Å²) in [6.45, 7) is 4.11. The number of ether oxygens (including phenoxy) is 2. The Labute approximate surface area is 153 Å². The van der Waals surface area contributed by atoms with Crippen molar-refractivity contribution in [1.29, 1.82) is 0 Å². The van der Waals surface area contributed by atoms with E-state index in [1.807, 2.05) is 37.3 Å². The van der Waals surface area contributed by atoms with Crippen molar-refractivity contribution in [1.82, 2.24) is 4.98 Å². The molecule has 2 aromatic carbocycles. The third-order valence-corrected chi connectivity index (χ3v) is 4.36. The summed E-state index contributed by atoms with van der Waals surface area (Å²) in [6, 6.07) is 11.9. The van der Waals surface area contributed by atoms with Gasteiger partial charge in [0.05, 0.1) is 10.2 Å². The lowest BCUT2D eigenvalue weighted by Gasteiger charge is -2.11. The number of alkyl halides is 3. The van der Waals surface area contributed by atoms with E-state index < -0.39 is 6.36 Å². The first kappa shape index (κ1) is 20.0. The highest BCUT2D eigenvalue weighted by Gasteiger charge is 2.25. The summed E-state index contributed by atoms with van der Waals surface area (Å²) in [5.74, 6) is 0.876. The number of anilines is 1. The number of nitrogen functional groups attached to an aromatic ring is 1. The number of hydrogen-bond donors (Lipinski definition) is 1. The van der Waals surface area contributed by atoms with Crippen molar-refractivity contribution < 1.29 is 22.6 Å². The highest BCUT2D eigenvalue weighted by molar-refractivity contribution is 7.20. The fourth-order valence-corrected chi connectivity index (χ4v) is 3.09. The zero-order valence-corrected chi connectivity index (χ0v) is 15.4. The van der Waals surface area contributed by atoms with Crippen LogP contribution in [0.3, 0.4) is 0 Å². The Kier molecular flexibility index (Phi) is 6.44. The molecule has 0 aliphatic carbocycles. The predicted molar refractivity (Wildman–Crippen MR) is 97.7 cm³/mol. The fraction of sp³-hybridized carbons (Fsp3) is 0.278. The Hall–Kier alpha value is -2.32. The Morgan fingerprint density at radius 2 is 1.85 bits per heavy atom. The van der Waals surface area contributed by atoms with Crippen molar-refractivity contribution in [2.75, 3.05) is 12.8 Å². The second-order valence-corrected chi connectivity index (χ2v) is 6.37. The van der Waals surface area contributed by atoms with Gasteiger partial charge in [-0.15, -0.1) is 13.2 Å². The van der Waals surface area contributed by atoms with E-state index in [0.717, 1.165) is 39.2 Å². The number of nitrogens with two attached hydrogens (primary N) is 1. The van der Waals surface area contributed by atoms with Gasteiger partial charge < -0.3 is 10.5 Å². The number of thiazole rings is 1. The van der Waals surface area contributed by atoms with Crippen LogP contribution in [-0.2, 0) is 11.2 Å². The molecule has 0 unspecified atom stereocenters. The van der Waals surface area contributed by atoms with Gasteiger partial charge >= 0.3 is 6.36 Å². The number of halogens is 3. The van der Waals surface area contributed by atoms with E-state index >= 15 is 0 Å². The van der Waals surface area contributed by atoms with Gasteiger partial charge in [0, 0.05) is 12.8 Å². The Bertz CT molecular complexity index is 845. The molecule has 0 atom stereocenters. The van der Waals surface area contributed by atoms with Gasteiger partial charge in [-0.05, 0) is 48.7 Å². The number of aromatic nitrogens is 1. The molecule has 8 heteroatoms. The average Bonchev–Trinajstić information content (AvgIpc) is 2.99. The van der Waals surface area contributed by atoms with Crippen LogP contribution in [0.2, 0.25) is 0 Å². The topological polar surface area (TPSA) is 57.4 Å². The number of methoxy groups -OCH3 is 1. The van der Waals surface area contributed by atoms with Crippen molar-refractivity contribution in [3.05, 3.63) is 47.5 Å². The van der Waals surface area contributed by atoms with Crippen LogP contribution in [0.25, 0.3) is 10.2 Å². The summed E-state index contributed by atoms with van der Waals surface area (Å²) in [4.78, 5) is 4.51. The number of para-hydroxylation sites is 1. The first-order valence-electron chi connectivity index (χ1n) is 7.77. The van der Waals surface area contributed by atoms with Gasteiger partial charge in [0.1, 0.15) is 5.75 Å². The minimum Gasteiger partial charge on any atom is -0.430 e. The summed E-state index contributed by atoms with van der Waals surface area (Å²) >= 11 is 1.56. The predicted octanol–water partition coefficient (Wildman–Crippen LogP) is 5.69. The number of fused-ring (bicyclic) bond motifs is 1. The van der Waals surface area contributed by atoms with Crippen molar-refractivity contribution in [2.24, 2.45) is 0 Å². The molecular formula is C18H19F3N2O2S. The Morgan fingerprint density at radius 3 is 2.42 bits per heavy atom. The van der Waals surface area contributed by atoms with Gasteiger partial charge in [-0.3, -0.25) is 4.74 Å². The van der Waals surface area contributed by atoms with Crippen LogP contribution in [-0.4, -0.2) is 18.5 Å². The van der Waals surface area contributed by atoms with Gasteiger partial charge in [-0.1, -0.05) is 30.4 Å². The van der Waals surface area contributed by atoms with E-state index in [4.69, 9.17) is 10.5 Å². The molecule has 0 fully saturated rings. The molecule has 1 heterocycles. The third kappa shape index (κ3) is 5.34. The minimum atomic E-state index is -4.46. The number of hydrogen-bond acceptors (Lipinski definition) is 5.